The Morgan fingerprint density at radius 1 is 1.06 bits per heavy atom. The number of hydrogen-bond acceptors (Lipinski definition) is 2. The van der Waals surface area contributed by atoms with Gasteiger partial charge in [-0.25, -0.2) is 0 Å². The third kappa shape index (κ3) is 3.45. The molecular weight excluding hydrogens is 208 g/mol. The zero-order chi connectivity index (χ0) is 12.3. The van der Waals surface area contributed by atoms with E-state index in [-0.39, 0.29) is 0 Å². The van der Waals surface area contributed by atoms with E-state index in [1.807, 2.05) is 0 Å². The fourth-order valence-corrected chi connectivity index (χ4v) is 3.99. The molecule has 0 aliphatic heterocycles. The Morgan fingerprint density at radius 3 is 2.47 bits per heavy atom. The molecule has 2 N–H and O–H groups in total. The molecule has 2 heteroatoms. The molecule has 0 bridgehead atoms. The number of hydrogen-bond donors (Lipinski definition) is 1. The minimum atomic E-state index is 0.804. The summed E-state index contributed by atoms with van der Waals surface area (Å²) in [6.07, 6.45) is 9.89. The van der Waals surface area contributed by atoms with Crippen molar-refractivity contribution in [1.82, 2.24) is 4.90 Å². The van der Waals surface area contributed by atoms with Gasteiger partial charge in [0.1, 0.15) is 0 Å². The van der Waals surface area contributed by atoms with Gasteiger partial charge < -0.3 is 10.6 Å². The maximum Gasteiger partial charge on any atom is 0.00948 e. The first-order valence-electron chi connectivity index (χ1n) is 7.61. The summed E-state index contributed by atoms with van der Waals surface area (Å²) in [6.45, 7) is 4.61. The Balaban J connectivity index is 1.81. The molecule has 0 radical (unpaired) electrons. The molecule has 0 aromatic heterocycles. The second-order valence-corrected chi connectivity index (χ2v) is 6.55. The first kappa shape index (κ1) is 13.4. The lowest BCUT2D eigenvalue weighted by Gasteiger charge is -2.36. The van der Waals surface area contributed by atoms with Crippen molar-refractivity contribution in [3.05, 3.63) is 0 Å². The second kappa shape index (κ2) is 6.19. The summed E-state index contributed by atoms with van der Waals surface area (Å²) < 4.78 is 0. The van der Waals surface area contributed by atoms with Crippen LogP contribution < -0.4 is 5.73 Å². The largest absolute Gasteiger partial charge is 0.330 e. The van der Waals surface area contributed by atoms with Crippen LogP contribution in [0.1, 0.15) is 51.9 Å². The van der Waals surface area contributed by atoms with Crippen molar-refractivity contribution in [1.29, 1.82) is 0 Å². The van der Waals surface area contributed by atoms with Gasteiger partial charge in [-0.15, -0.1) is 0 Å². The highest BCUT2D eigenvalue weighted by atomic mass is 15.1. The van der Waals surface area contributed by atoms with E-state index in [0.29, 0.717) is 0 Å². The van der Waals surface area contributed by atoms with Crippen molar-refractivity contribution in [3.63, 3.8) is 0 Å². The average molecular weight is 238 g/mol. The normalized spacial score (nSPS) is 38.8. The third-order valence-corrected chi connectivity index (χ3v) is 5.17. The summed E-state index contributed by atoms with van der Waals surface area (Å²) in [4.78, 5) is 2.65. The van der Waals surface area contributed by atoms with Gasteiger partial charge in [0.2, 0.25) is 0 Å². The quantitative estimate of drug-likeness (QED) is 0.816. The molecular formula is C15H30N2. The molecule has 4 unspecified atom stereocenters. The van der Waals surface area contributed by atoms with Gasteiger partial charge in [-0.2, -0.15) is 0 Å². The molecule has 0 aromatic rings. The predicted octanol–water partition coefficient (Wildman–Crippen LogP) is 2.87. The summed E-state index contributed by atoms with van der Waals surface area (Å²) in [5, 5.41) is 0. The Bertz CT molecular complexity index is 229. The molecule has 17 heavy (non-hydrogen) atoms. The Kier molecular flexibility index (Phi) is 4.87. The van der Waals surface area contributed by atoms with Gasteiger partial charge in [0.25, 0.3) is 0 Å². The molecule has 2 aliphatic carbocycles. The number of rotatable bonds is 4. The second-order valence-electron chi connectivity index (χ2n) is 6.55. The molecule has 2 nitrogen and oxygen atoms in total. The summed E-state index contributed by atoms with van der Waals surface area (Å²) in [6, 6.07) is 0.845. The van der Waals surface area contributed by atoms with Gasteiger partial charge in [0.05, 0.1) is 0 Å². The van der Waals surface area contributed by atoms with E-state index in [9.17, 15) is 0 Å². The van der Waals surface area contributed by atoms with Crippen LogP contribution in [0.25, 0.3) is 0 Å². The minimum absolute atomic E-state index is 0.804. The van der Waals surface area contributed by atoms with E-state index in [1.165, 1.54) is 51.5 Å². The van der Waals surface area contributed by atoms with E-state index in [1.54, 1.807) is 0 Å². The molecule has 0 heterocycles. The highest BCUT2D eigenvalue weighted by Gasteiger charge is 2.29. The van der Waals surface area contributed by atoms with Crippen molar-refractivity contribution in [2.45, 2.75) is 57.9 Å². The van der Waals surface area contributed by atoms with E-state index in [4.69, 9.17) is 5.73 Å². The van der Waals surface area contributed by atoms with E-state index in [0.717, 1.165) is 30.3 Å². The molecule has 2 rings (SSSR count). The minimum Gasteiger partial charge on any atom is -0.330 e. The van der Waals surface area contributed by atoms with E-state index < -0.39 is 0 Å². The topological polar surface area (TPSA) is 29.3 Å². The van der Waals surface area contributed by atoms with Crippen LogP contribution in [0.5, 0.6) is 0 Å². The standard InChI is InChI=1S/C15H30N2/c1-12-5-3-8-15(9-12)17(2)11-14-7-4-6-13(14)10-16/h12-15H,3-11,16H2,1-2H3. The number of nitrogens with zero attached hydrogens (tertiary/aromatic N) is 1. The molecule has 0 amide bonds. The molecule has 0 spiro atoms. The van der Waals surface area contributed by atoms with E-state index in [2.05, 4.69) is 18.9 Å². The maximum absolute atomic E-state index is 5.88. The average Bonchev–Trinajstić information content (AvgIpc) is 2.76. The van der Waals surface area contributed by atoms with Crippen molar-refractivity contribution in [3.8, 4) is 0 Å². The van der Waals surface area contributed by atoms with Crippen LogP contribution in [0.2, 0.25) is 0 Å². The Labute approximate surface area is 107 Å². The third-order valence-electron chi connectivity index (χ3n) is 5.17. The summed E-state index contributed by atoms with van der Waals surface area (Å²) >= 11 is 0. The number of nitrogens with two attached hydrogens (primary N) is 1. The van der Waals surface area contributed by atoms with Crippen LogP contribution in [0.3, 0.4) is 0 Å². The lowest BCUT2D eigenvalue weighted by Crippen LogP contribution is -2.40. The van der Waals surface area contributed by atoms with Crippen LogP contribution in [-0.2, 0) is 0 Å². The van der Waals surface area contributed by atoms with Crippen LogP contribution in [0.4, 0.5) is 0 Å². The summed E-state index contributed by atoms with van der Waals surface area (Å²) in [5.41, 5.74) is 5.88. The highest BCUT2D eigenvalue weighted by Crippen LogP contribution is 2.33. The molecule has 0 aromatic carbocycles. The fourth-order valence-electron chi connectivity index (χ4n) is 3.99. The van der Waals surface area contributed by atoms with Crippen molar-refractivity contribution < 1.29 is 0 Å². The summed E-state index contributed by atoms with van der Waals surface area (Å²) in [7, 11) is 2.34. The molecule has 2 saturated carbocycles. The predicted molar refractivity (Wildman–Crippen MR) is 73.9 cm³/mol. The van der Waals surface area contributed by atoms with Gasteiger partial charge in [-0.1, -0.05) is 26.2 Å². The molecule has 2 fully saturated rings. The molecule has 4 atom stereocenters. The van der Waals surface area contributed by atoms with Gasteiger partial charge in [0.15, 0.2) is 0 Å². The lowest BCUT2D eigenvalue weighted by atomic mass is 9.85. The Morgan fingerprint density at radius 2 is 1.76 bits per heavy atom. The Hall–Kier alpha value is -0.0800. The van der Waals surface area contributed by atoms with Crippen molar-refractivity contribution in [2.75, 3.05) is 20.1 Å². The first-order chi connectivity index (χ1) is 8.20. The molecule has 100 valence electrons. The molecule has 0 saturated heterocycles. The van der Waals surface area contributed by atoms with Crippen LogP contribution >= 0.6 is 0 Å². The zero-order valence-corrected chi connectivity index (χ0v) is 11.7. The van der Waals surface area contributed by atoms with Gasteiger partial charge in [-0.3, -0.25) is 0 Å². The smallest absolute Gasteiger partial charge is 0.00948 e. The van der Waals surface area contributed by atoms with Crippen molar-refractivity contribution >= 4 is 0 Å². The monoisotopic (exact) mass is 238 g/mol. The van der Waals surface area contributed by atoms with Gasteiger partial charge >= 0.3 is 0 Å². The van der Waals surface area contributed by atoms with Crippen LogP contribution in [-0.4, -0.2) is 31.1 Å². The SMILES string of the molecule is CC1CCCC(N(C)CC2CCCC2CN)C1. The summed E-state index contributed by atoms with van der Waals surface area (Å²) in [5.74, 6) is 2.62. The first-order valence-corrected chi connectivity index (χ1v) is 7.61. The van der Waals surface area contributed by atoms with Crippen LogP contribution in [0.15, 0.2) is 0 Å². The molecule has 2 aliphatic rings. The zero-order valence-electron chi connectivity index (χ0n) is 11.7. The van der Waals surface area contributed by atoms with Crippen molar-refractivity contribution in [2.24, 2.45) is 23.5 Å². The van der Waals surface area contributed by atoms with Crippen LogP contribution in [0, 0.1) is 17.8 Å². The van der Waals surface area contributed by atoms with Gasteiger partial charge in [-0.05, 0) is 57.0 Å². The maximum atomic E-state index is 5.88. The lowest BCUT2D eigenvalue weighted by molar-refractivity contribution is 0.134. The highest BCUT2D eigenvalue weighted by molar-refractivity contribution is 4.83. The fraction of sp³-hybridized carbons (Fsp3) is 1.00. The van der Waals surface area contributed by atoms with Gasteiger partial charge in [0, 0.05) is 12.6 Å². The van der Waals surface area contributed by atoms with E-state index >= 15 is 0 Å².